The summed E-state index contributed by atoms with van der Waals surface area (Å²) in [5.74, 6) is 0.850. The molecule has 0 aliphatic carbocycles. The highest BCUT2D eigenvalue weighted by Crippen LogP contribution is 2.27. The van der Waals surface area contributed by atoms with Crippen molar-refractivity contribution in [3.63, 3.8) is 0 Å². The van der Waals surface area contributed by atoms with Gasteiger partial charge in [-0.3, -0.25) is 4.79 Å². The number of hydrogen-bond donors (Lipinski definition) is 2. The molecule has 0 aromatic heterocycles. The van der Waals surface area contributed by atoms with Gasteiger partial charge in [0.05, 0.1) is 0 Å². The predicted octanol–water partition coefficient (Wildman–Crippen LogP) is 2.70. The van der Waals surface area contributed by atoms with Gasteiger partial charge in [-0.25, -0.2) is 0 Å². The van der Waals surface area contributed by atoms with E-state index < -0.39 is 0 Å². The summed E-state index contributed by atoms with van der Waals surface area (Å²) in [5, 5.41) is 2.92. The average Bonchev–Trinajstić information content (AvgIpc) is 2.37. The maximum atomic E-state index is 11.9. The molecule has 0 saturated carbocycles. The van der Waals surface area contributed by atoms with Gasteiger partial charge in [0.1, 0.15) is 0 Å². The molecule has 0 radical (unpaired) electrons. The van der Waals surface area contributed by atoms with E-state index in [0.29, 0.717) is 25.4 Å². The van der Waals surface area contributed by atoms with Crippen LogP contribution in [0.3, 0.4) is 0 Å². The highest BCUT2D eigenvalue weighted by molar-refractivity contribution is 5.85. The molecule has 0 aliphatic heterocycles. The topological polar surface area (TPSA) is 55.1 Å². The predicted molar refractivity (Wildman–Crippen MR) is 82.6 cm³/mol. The lowest BCUT2D eigenvalue weighted by atomic mass is 9.85. The van der Waals surface area contributed by atoms with Gasteiger partial charge in [-0.05, 0) is 30.4 Å². The minimum Gasteiger partial charge on any atom is -0.356 e. The molecule has 0 aliphatic rings. The second kappa shape index (κ2) is 9.82. The summed E-state index contributed by atoms with van der Waals surface area (Å²) in [4.78, 5) is 11.9. The minimum atomic E-state index is 0. The van der Waals surface area contributed by atoms with Crippen LogP contribution >= 0.6 is 12.4 Å². The third kappa shape index (κ3) is 6.60. The fourth-order valence-corrected chi connectivity index (χ4v) is 2.04. The van der Waals surface area contributed by atoms with Crippen molar-refractivity contribution in [2.45, 2.75) is 32.6 Å². The van der Waals surface area contributed by atoms with Gasteiger partial charge in [0.2, 0.25) is 5.91 Å². The number of nitrogens with two attached hydrogens (primary N) is 1. The van der Waals surface area contributed by atoms with Crippen molar-refractivity contribution in [2.75, 3.05) is 13.1 Å². The summed E-state index contributed by atoms with van der Waals surface area (Å²) in [6, 6.07) is 10.2. The van der Waals surface area contributed by atoms with Crippen molar-refractivity contribution in [2.24, 2.45) is 11.7 Å². The lowest BCUT2D eigenvalue weighted by Gasteiger charge is -2.21. The first-order valence-corrected chi connectivity index (χ1v) is 6.67. The number of benzene rings is 1. The van der Waals surface area contributed by atoms with Crippen molar-refractivity contribution in [1.82, 2.24) is 5.32 Å². The molecule has 19 heavy (non-hydrogen) atoms. The number of hydrogen-bond acceptors (Lipinski definition) is 2. The van der Waals surface area contributed by atoms with Gasteiger partial charge in [0.15, 0.2) is 0 Å². The van der Waals surface area contributed by atoms with Gasteiger partial charge in [-0.1, -0.05) is 44.2 Å². The van der Waals surface area contributed by atoms with Crippen molar-refractivity contribution >= 4 is 18.3 Å². The van der Waals surface area contributed by atoms with Gasteiger partial charge < -0.3 is 11.1 Å². The van der Waals surface area contributed by atoms with Crippen molar-refractivity contribution < 1.29 is 4.79 Å². The van der Waals surface area contributed by atoms with Crippen LogP contribution in [0.1, 0.15) is 38.2 Å². The standard InChI is InChI=1S/C15H24N2O.ClH/c1-12(2)14(13-7-4-3-5-8-13)11-15(18)17-10-6-9-16;/h3-5,7-8,12,14H,6,9-11,16H2,1-2H3,(H,17,18);1H. The molecule has 1 rings (SSSR count). The van der Waals surface area contributed by atoms with Crippen LogP contribution in [0.15, 0.2) is 30.3 Å². The van der Waals surface area contributed by atoms with Crippen LogP contribution in [0.4, 0.5) is 0 Å². The van der Waals surface area contributed by atoms with Gasteiger partial charge in [-0.2, -0.15) is 0 Å². The molecule has 1 amide bonds. The molecule has 108 valence electrons. The molecular formula is C15H25ClN2O. The van der Waals surface area contributed by atoms with Crippen LogP contribution in [0, 0.1) is 5.92 Å². The summed E-state index contributed by atoms with van der Waals surface area (Å²) in [5.41, 5.74) is 6.64. The quantitative estimate of drug-likeness (QED) is 0.757. The van der Waals surface area contributed by atoms with Crippen LogP contribution in [-0.4, -0.2) is 19.0 Å². The zero-order valence-corrected chi connectivity index (χ0v) is 12.6. The highest BCUT2D eigenvalue weighted by atomic mass is 35.5. The second-order valence-corrected chi connectivity index (χ2v) is 4.96. The first-order chi connectivity index (χ1) is 8.65. The van der Waals surface area contributed by atoms with Gasteiger partial charge in [0, 0.05) is 13.0 Å². The molecule has 1 aromatic rings. The molecule has 3 N–H and O–H groups in total. The molecule has 0 spiro atoms. The number of rotatable bonds is 7. The Morgan fingerprint density at radius 1 is 1.26 bits per heavy atom. The van der Waals surface area contributed by atoms with E-state index >= 15 is 0 Å². The Bertz CT molecular complexity index is 354. The van der Waals surface area contributed by atoms with Crippen LogP contribution in [-0.2, 0) is 4.79 Å². The van der Waals surface area contributed by atoms with Crippen molar-refractivity contribution in [1.29, 1.82) is 0 Å². The normalized spacial score (nSPS) is 11.8. The number of carbonyl (C=O) groups excluding carboxylic acids is 1. The molecule has 1 atom stereocenters. The largest absolute Gasteiger partial charge is 0.356 e. The Labute approximate surface area is 122 Å². The molecule has 1 unspecified atom stereocenters. The highest BCUT2D eigenvalue weighted by Gasteiger charge is 2.18. The first-order valence-electron chi connectivity index (χ1n) is 6.67. The van der Waals surface area contributed by atoms with Crippen LogP contribution < -0.4 is 11.1 Å². The summed E-state index contributed by atoms with van der Waals surface area (Å²) in [6.07, 6.45) is 1.38. The Balaban J connectivity index is 0.00000324. The van der Waals surface area contributed by atoms with E-state index in [2.05, 4.69) is 31.3 Å². The zero-order chi connectivity index (χ0) is 13.4. The molecule has 1 aromatic carbocycles. The number of carbonyl (C=O) groups is 1. The van der Waals surface area contributed by atoms with Crippen molar-refractivity contribution in [3.8, 4) is 0 Å². The first kappa shape index (κ1) is 17.9. The van der Waals surface area contributed by atoms with Crippen LogP contribution in [0.25, 0.3) is 0 Å². The van der Waals surface area contributed by atoms with Crippen LogP contribution in [0.2, 0.25) is 0 Å². The van der Waals surface area contributed by atoms with E-state index in [1.807, 2.05) is 18.2 Å². The number of halogens is 1. The fraction of sp³-hybridized carbons (Fsp3) is 0.533. The fourth-order valence-electron chi connectivity index (χ4n) is 2.04. The van der Waals surface area contributed by atoms with E-state index in [9.17, 15) is 4.79 Å². The van der Waals surface area contributed by atoms with E-state index in [0.717, 1.165) is 6.42 Å². The Hall–Kier alpha value is -1.06. The lowest BCUT2D eigenvalue weighted by Crippen LogP contribution is -2.28. The maximum absolute atomic E-state index is 11.9. The average molecular weight is 285 g/mol. The summed E-state index contributed by atoms with van der Waals surface area (Å²) in [7, 11) is 0. The summed E-state index contributed by atoms with van der Waals surface area (Å²) in [6.45, 7) is 5.61. The molecule has 0 heterocycles. The van der Waals surface area contributed by atoms with Gasteiger partial charge >= 0.3 is 0 Å². The Kier molecular flexibility index (Phi) is 9.27. The third-order valence-electron chi connectivity index (χ3n) is 3.14. The SMILES string of the molecule is CC(C)C(CC(=O)NCCCN)c1ccccc1.Cl. The van der Waals surface area contributed by atoms with E-state index in [1.165, 1.54) is 5.56 Å². The van der Waals surface area contributed by atoms with E-state index in [1.54, 1.807) is 0 Å². The smallest absolute Gasteiger partial charge is 0.220 e. The molecule has 0 saturated heterocycles. The molecule has 4 heteroatoms. The lowest BCUT2D eigenvalue weighted by molar-refractivity contribution is -0.121. The molecule has 0 bridgehead atoms. The second-order valence-electron chi connectivity index (χ2n) is 4.96. The third-order valence-corrected chi connectivity index (χ3v) is 3.14. The van der Waals surface area contributed by atoms with Gasteiger partial charge in [-0.15, -0.1) is 12.4 Å². The van der Waals surface area contributed by atoms with E-state index in [4.69, 9.17) is 5.73 Å². The van der Waals surface area contributed by atoms with Gasteiger partial charge in [0.25, 0.3) is 0 Å². The number of nitrogens with one attached hydrogen (secondary N) is 1. The minimum absolute atomic E-state index is 0. The monoisotopic (exact) mass is 284 g/mol. The maximum Gasteiger partial charge on any atom is 0.220 e. The Morgan fingerprint density at radius 3 is 2.42 bits per heavy atom. The number of amides is 1. The summed E-state index contributed by atoms with van der Waals surface area (Å²) >= 11 is 0. The Morgan fingerprint density at radius 2 is 1.89 bits per heavy atom. The molecule has 3 nitrogen and oxygen atoms in total. The zero-order valence-electron chi connectivity index (χ0n) is 11.8. The molecule has 0 fully saturated rings. The van der Waals surface area contributed by atoms with Crippen molar-refractivity contribution in [3.05, 3.63) is 35.9 Å². The van der Waals surface area contributed by atoms with E-state index in [-0.39, 0.29) is 24.2 Å². The molecular weight excluding hydrogens is 260 g/mol. The summed E-state index contributed by atoms with van der Waals surface area (Å²) < 4.78 is 0. The van der Waals surface area contributed by atoms with Crippen LogP contribution in [0.5, 0.6) is 0 Å².